The number of sulfonamides is 1. The van der Waals surface area contributed by atoms with Crippen molar-refractivity contribution in [3.63, 3.8) is 0 Å². The maximum Gasteiger partial charge on any atom is 0.494 e. The first kappa shape index (κ1) is 19.7. The van der Waals surface area contributed by atoms with E-state index in [4.69, 9.17) is 14.0 Å². The van der Waals surface area contributed by atoms with Crippen LogP contribution in [0.4, 0.5) is 5.69 Å². The van der Waals surface area contributed by atoms with Crippen LogP contribution in [0.25, 0.3) is 0 Å². The van der Waals surface area contributed by atoms with Crippen molar-refractivity contribution >= 4 is 28.3 Å². The molecule has 1 fully saturated rings. The van der Waals surface area contributed by atoms with E-state index in [-0.39, 0.29) is 4.90 Å². The molecule has 27 heavy (non-hydrogen) atoms. The van der Waals surface area contributed by atoms with Gasteiger partial charge in [0.15, 0.2) is 0 Å². The summed E-state index contributed by atoms with van der Waals surface area (Å²) in [7, 11) is -2.85. The highest BCUT2D eigenvalue weighted by Crippen LogP contribution is 2.37. The molecule has 1 heterocycles. The number of nitrogens with one attached hydrogen (secondary N) is 1. The van der Waals surface area contributed by atoms with Crippen molar-refractivity contribution in [1.29, 1.82) is 0 Å². The molecule has 0 amide bonds. The lowest BCUT2D eigenvalue weighted by Crippen LogP contribution is -2.41. The maximum atomic E-state index is 12.7. The van der Waals surface area contributed by atoms with Crippen LogP contribution in [0, 0.1) is 0 Å². The fraction of sp³-hybridized carbons (Fsp3) is 0.368. The lowest BCUT2D eigenvalue weighted by molar-refractivity contribution is 0.00578. The number of benzene rings is 2. The van der Waals surface area contributed by atoms with Crippen LogP contribution in [0.1, 0.15) is 27.7 Å². The Labute approximate surface area is 161 Å². The molecular weight excluding hydrogens is 365 g/mol. The van der Waals surface area contributed by atoms with Crippen LogP contribution in [-0.4, -0.2) is 33.8 Å². The van der Waals surface area contributed by atoms with Crippen molar-refractivity contribution in [3.05, 3.63) is 48.5 Å². The molecule has 0 spiro atoms. The van der Waals surface area contributed by atoms with Crippen molar-refractivity contribution in [1.82, 2.24) is 0 Å². The molecule has 6 nitrogen and oxygen atoms in total. The second-order valence-electron chi connectivity index (χ2n) is 7.47. The zero-order valence-corrected chi connectivity index (χ0v) is 17.0. The Hall–Kier alpha value is -2.03. The van der Waals surface area contributed by atoms with Crippen LogP contribution in [0.2, 0.25) is 0 Å². The topological polar surface area (TPSA) is 73.9 Å². The monoisotopic (exact) mass is 389 g/mol. The van der Waals surface area contributed by atoms with Gasteiger partial charge in [0.2, 0.25) is 0 Å². The van der Waals surface area contributed by atoms with Gasteiger partial charge >= 0.3 is 7.12 Å². The third kappa shape index (κ3) is 3.83. The van der Waals surface area contributed by atoms with E-state index in [1.807, 2.05) is 27.7 Å². The Bertz CT molecular complexity index is 912. The third-order valence-electron chi connectivity index (χ3n) is 5.05. The van der Waals surface area contributed by atoms with E-state index in [9.17, 15) is 8.42 Å². The third-order valence-corrected chi connectivity index (χ3v) is 6.43. The zero-order chi connectivity index (χ0) is 19.9. The number of hydrogen-bond donors (Lipinski definition) is 1. The first-order valence-electron chi connectivity index (χ1n) is 8.67. The van der Waals surface area contributed by atoms with E-state index in [2.05, 4.69) is 4.72 Å². The minimum Gasteiger partial charge on any atom is -0.495 e. The molecule has 0 aromatic heterocycles. The molecule has 0 bridgehead atoms. The lowest BCUT2D eigenvalue weighted by Gasteiger charge is -2.32. The number of methoxy groups -OCH3 is 1. The van der Waals surface area contributed by atoms with Crippen LogP contribution in [0.3, 0.4) is 0 Å². The second kappa shape index (κ2) is 6.85. The first-order chi connectivity index (χ1) is 12.6. The number of hydrogen-bond acceptors (Lipinski definition) is 5. The molecule has 0 atom stereocenters. The SMILES string of the molecule is COc1ccc(B2OC(C)(C)C(C)(C)O2)cc1NS(=O)(=O)c1ccccc1. The predicted molar refractivity (Wildman–Crippen MR) is 106 cm³/mol. The van der Waals surface area contributed by atoms with Gasteiger partial charge in [-0.1, -0.05) is 24.3 Å². The summed E-state index contributed by atoms with van der Waals surface area (Å²) in [6.45, 7) is 7.87. The van der Waals surface area contributed by atoms with E-state index >= 15 is 0 Å². The molecule has 0 radical (unpaired) electrons. The highest BCUT2D eigenvalue weighted by atomic mass is 32.2. The van der Waals surface area contributed by atoms with Gasteiger partial charge in [-0.05, 0) is 57.4 Å². The fourth-order valence-corrected chi connectivity index (χ4v) is 3.82. The minimum atomic E-state index is -3.74. The van der Waals surface area contributed by atoms with Crippen LogP contribution < -0.4 is 14.9 Å². The minimum absolute atomic E-state index is 0.174. The molecule has 8 heteroatoms. The van der Waals surface area contributed by atoms with Crippen molar-refractivity contribution in [3.8, 4) is 5.75 Å². The summed E-state index contributed by atoms with van der Waals surface area (Å²) >= 11 is 0. The van der Waals surface area contributed by atoms with Gasteiger partial charge in [0.1, 0.15) is 5.75 Å². The summed E-state index contributed by atoms with van der Waals surface area (Å²) in [5, 5.41) is 0. The lowest BCUT2D eigenvalue weighted by atomic mass is 9.79. The normalized spacial score (nSPS) is 18.3. The van der Waals surface area contributed by atoms with E-state index < -0.39 is 28.3 Å². The molecule has 1 N–H and O–H groups in total. The molecule has 2 aromatic rings. The largest absolute Gasteiger partial charge is 0.495 e. The first-order valence-corrected chi connectivity index (χ1v) is 10.2. The molecule has 0 unspecified atom stereocenters. The summed E-state index contributed by atoms with van der Waals surface area (Å²) < 4.78 is 45.4. The zero-order valence-electron chi connectivity index (χ0n) is 16.1. The molecule has 1 saturated heterocycles. The molecule has 3 rings (SSSR count). The number of ether oxygens (including phenoxy) is 1. The molecule has 144 valence electrons. The van der Waals surface area contributed by atoms with Crippen molar-refractivity contribution < 1.29 is 22.5 Å². The summed E-state index contributed by atoms with van der Waals surface area (Å²) in [4.78, 5) is 0.174. The van der Waals surface area contributed by atoms with Gasteiger partial charge in [0, 0.05) is 0 Å². The van der Waals surface area contributed by atoms with Gasteiger partial charge in [0.05, 0.1) is 28.9 Å². The fourth-order valence-electron chi connectivity index (χ4n) is 2.73. The Morgan fingerprint density at radius 3 is 2.11 bits per heavy atom. The average molecular weight is 389 g/mol. The van der Waals surface area contributed by atoms with E-state index in [0.29, 0.717) is 16.9 Å². The molecule has 2 aromatic carbocycles. The van der Waals surface area contributed by atoms with Crippen molar-refractivity contribution in [2.24, 2.45) is 0 Å². The van der Waals surface area contributed by atoms with Crippen LogP contribution in [-0.2, 0) is 19.3 Å². The van der Waals surface area contributed by atoms with Gasteiger partial charge < -0.3 is 14.0 Å². The molecule has 1 aliphatic heterocycles. The Balaban J connectivity index is 1.94. The van der Waals surface area contributed by atoms with E-state index in [1.54, 1.807) is 36.4 Å². The van der Waals surface area contributed by atoms with Gasteiger partial charge in [-0.3, -0.25) is 4.72 Å². The van der Waals surface area contributed by atoms with Gasteiger partial charge in [-0.25, -0.2) is 8.42 Å². The van der Waals surface area contributed by atoms with Gasteiger partial charge in [0.25, 0.3) is 10.0 Å². The summed E-state index contributed by atoms with van der Waals surface area (Å²) in [6, 6.07) is 13.4. The van der Waals surface area contributed by atoms with Crippen LogP contribution >= 0.6 is 0 Å². The molecular formula is C19H24BNO5S. The summed E-state index contributed by atoms with van der Waals surface area (Å²) in [5.41, 5.74) is 0.0663. The van der Waals surface area contributed by atoms with Gasteiger partial charge in [-0.15, -0.1) is 0 Å². The predicted octanol–water partition coefficient (Wildman–Crippen LogP) is 2.80. The standard InChI is InChI=1S/C19H24BNO5S/c1-18(2)19(3,4)26-20(25-18)14-11-12-17(24-5)16(13-14)21-27(22,23)15-9-7-6-8-10-15/h6-13,21H,1-5H3. The Kier molecular flexibility index (Phi) is 5.01. The second-order valence-corrected chi connectivity index (χ2v) is 9.15. The summed E-state index contributed by atoms with van der Waals surface area (Å²) in [6.07, 6.45) is 0. The summed E-state index contributed by atoms with van der Waals surface area (Å²) in [5.74, 6) is 0.412. The average Bonchev–Trinajstić information content (AvgIpc) is 2.83. The van der Waals surface area contributed by atoms with Crippen molar-refractivity contribution in [2.45, 2.75) is 43.8 Å². The number of anilines is 1. The molecule has 0 saturated carbocycles. The van der Waals surface area contributed by atoms with Gasteiger partial charge in [-0.2, -0.15) is 0 Å². The maximum absolute atomic E-state index is 12.7. The van der Waals surface area contributed by atoms with E-state index in [0.717, 1.165) is 0 Å². The highest BCUT2D eigenvalue weighted by molar-refractivity contribution is 7.92. The number of rotatable bonds is 5. The van der Waals surface area contributed by atoms with E-state index in [1.165, 1.54) is 19.2 Å². The van der Waals surface area contributed by atoms with Crippen LogP contribution in [0.5, 0.6) is 5.75 Å². The van der Waals surface area contributed by atoms with Crippen LogP contribution in [0.15, 0.2) is 53.4 Å². The molecule has 0 aliphatic carbocycles. The quantitative estimate of drug-likeness (QED) is 0.797. The highest BCUT2D eigenvalue weighted by Gasteiger charge is 2.51. The smallest absolute Gasteiger partial charge is 0.494 e. The Morgan fingerprint density at radius 2 is 1.56 bits per heavy atom. The Morgan fingerprint density at radius 1 is 0.963 bits per heavy atom. The molecule has 1 aliphatic rings. The van der Waals surface area contributed by atoms with Crippen molar-refractivity contribution in [2.75, 3.05) is 11.8 Å².